The second kappa shape index (κ2) is 8.57. The van der Waals surface area contributed by atoms with Crippen LogP contribution in [0.15, 0.2) is 93.8 Å². The summed E-state index contributed by atoms with van der Waals surface area (Å²) >= 11 is 0. The van der Waals surface area contributed by atoms with Crippen LogP contribution in [0.1, 0.15) is 0 Å². The van der Waals surface area contributed by atoms with Crippen molar-refractivity contribution >= 4 is 33.6 Å². The second-order valence-corrected chi connectivity index (χ2v) is 8.01. The highest BCUT2D eigenvalue weighted by Gasteiger charge is 2.14. The van der Waals surface area contributed by atoms with Gasteiger partial charge in [0, 0.05) is 35.4 Å². The van der Waals surface area contributed by atoms with Crippen LogP contribution in [0.25, 0.3) is 45.1 Å². The maximum atomic E-state index is 11.0. The minimum Gasteiger partial charge on any atom is -0.457 e. The Hall–Kier alpha value is -5.58. The highest BCUT2D eigenvalue weighted by Crippen LogP contribution is 2.31. The van der Waals surface area contributed by atoms with Crippen molar-refractivity contribution in [1.29, 1.82) is 0 Å². The third kappa shape index (κ3) is 4.21. The van der Waals surface area contributed by atoms with Crippen LogP contribution in [0, 0.1) is 20.2 Å². The molecule has 0 fully saturated rings. The lowest BCUT2D eigenvalue weighted by atomic mass is 10.2. The molecule has 0 aliphatic heterocycles. The summed E-state index contributed by atoms with van der Waals surface area (Å²) in [6, 6.07) is 22.7. The first-order valence-electron chi connectivity index (χ1n) is 10.9. The van der Waals surface area contributed by atoms with Crippen molar-refractivity contribution in [2.45, 2.75) is 0 Å². The molecule has 2 aromatic heterocycles. The fourth-order valence-electron chi connectivity index (χ4n) is 3.77. The predicted molar refractivity (Wildman–Crippen MR) is 132 cm³/mol. The largest absolute Gasteiger partial charge is 0.457 e. The zero-order valence-electron chi connectivity index (χ0n) is 18.7. The molecule has 11 heteroatoms. The monoisotopic (exact) mass is 494 g/mol. The SMILES string of the molecule is O=[N+]([O-])c1ccc2oc(-c3ccc(Oc4ccc(-c5nc6cc([N+](=O)[O-])ccc6o5)cc4)cc3)nc2c1. The third-order valence-electron chi connectivity index (χ3n) is 5.60. The van der Waals surface area contributed by atoms with Gasteiger partial charge in [-0.25, -0.2) is 9.97 Å². The van der Waals surface area contributed by atoms with E-state index in [-0.39, 0.29) is 11.4 Å². The number of nitrogens with zero attached hydrogens (tertiary/aromatic N) is 4. The van der Waals surface area contributed by atoms with Crippen molar-refractivity contribution in [3.63, 3.8) is 0 Å². The maximum Gasteiger partial charge on any atom is 0.271 e. The van der Waals surface area contributed by atoms with E-state index in [1.807, 2.05) is 0 Å². The lowest BCUT2D eigenvalue weighted by Crippen LogP contribution is -1.86. The molecule has 0 atom stereocenters. The summed E-state index contributed by atoms with van der Waals surface area (Å²) in [4.78, 5) is 29.7. The average molecular weight is 494 g/mol. The molecular weight excluding hydrogens is 480 g/mol. The molecule has 0 bridgehead atoms. The number of nitro groups is 2. The van der Waals surface area contributed by atoms with Gasteiger partial charge in [-0.15, -0.1) is 0 Å². The maximum absolute atomic E-state index is 11.0. The first-order valence-corrected chi connectivity index (χ1v) is 10.9. The molecule has 6 aromatic rings. The van der Waals surface area contributed by atoms with Gasteiger partial charge in [0.2, 0.25) is 11.8 Å². The van der Waals surface area contributed by atoms with Gasteiger partial charge in [-0.05, 0) is 60.7 Å². The number of rotatable bonds is 6. The molecule has 0 radical (unpaired) electrons. The Morgan fingerprint density at radius 2 is 1.00 bits per heavy atom. The number of oxazole rings is 2. The summed E-state index contributed by atoms with van der Waals surface area (Å²) in [5.41, 5.74) is 3.00. The van der Waals surface area contributed by atoms with Crippen LogP contribution in [0.3, 0.4) is 0 Å². The molecule has 37 heavy (non-hydrogen) atoms. The highest BCUT2D eigenvalue weighted by molar-refractivity contribution is 5.79. The Morgan fingerprint density at radius 3 is 1.38 bits per heavy atom. The molecule has 4 aromatic carbocycles. The minimum absolute atomic E-state index is 0.0535. The molecule has 0 amide bonds. The van der Waals surface area contributed by atoms with Crippen LogP contribution >= 0.6 is 0 Å². The van der Waals surface area contributed by atoms with Gasteiger partial charge in [0.05, 0.1) is 9.85 Å². The van der Waals surface area contributed by atoms with Crippen LogP contribution < -0.4 is 4.74 Å². The van der Waals surface area contributed by atoms with Gasteiger partial charge in [0.15, 0.2) is 11.2 Å². The van der Waals surface area contributed by atoms with Gasteiger partial charge < -0.3 is 13.6 Å². The molecule has 0 aliphatic carbocycles. The van der Waals surface area contributed by atoms with E-state index in [0.717, 1.165) is 0 Å². The van der Waals surface area contributed by atoms with Crippen molar-refractivity contribution in [2.75, 3.05) is 0 Å². The summed E-state index contributed by atoms with van der Waals surface area (Å²) in [5.74, 6) is 1.85. The summed E-state index contributed by atoms with van der Waals surface area (Å²) in [7, 11) is 0. The molecule has 180 valence electrons. The highest BCUT2D eigenvalue weighted by atomic mass is 16.6. The van der Waals surface area contributed by atoms with E-state index >= 15 is 0 Å². The summed E-state index contributed by atoms with van der Waals surface area (Å²) in [5, 5.41) is 21.9. The van der Waals surface area contributed by atoms with Gasteiger partial charge in [0.1, 0.15) is 22.5 Å². The Labute approximate surface area is 206 Å². The van der Waals surface area contributed by atoms with Gasteiger partial charge in [-0.1, -0.05) is 0 Å². The van der Waals surface area contributed by atoms with E-state index in [4.69, 9.17) is 13.6 Å². The van der Waals surface area contributed by atoms with Crippen LogP contribution in [0.4, 0.5) is 11.4 Å². The zero-order chi connectivity index (χ0) is 25.5. The van der Waals surface area contributed by atoms with Gasteiger partial charge in [-0.3, -0.25) is 20.2 Å². The van der Waals surface area contributed by atoms with E-state index in [9.17, 15) is 20.2 Å². The Bertz CT molecular complexity index is 1670. The van der Waals surface area contributed by atoms with E-state index < -0.39 is 9.85 Å². The molecule has 6 rings (SSSR count). The Balaban J connectivity index is 1.18. The molecule has 0 saturated carbocycles. The van der Waals surface area contributed by atoms with Crippen molar-refractivity contribution in [3.8, 4) is 34.4 Å². The fourth-order valence-corrected chi connectivity index (χ4v) is 3.77. The predicted octanol–water partition coefficient (Wildman–Crippen LogP) is 6.91. The van der Waals surface area contributed by atoms with E-state index in [1.165, 1.54) is 36.4 Å². The number of nitro benzene ring substituents is 2. The Kier molecular flexibility index (Phi) is 5.08. The first kappa shape index (κ1) is 21.9. The average Bonchev–Trinajstić information content (AvgIpc) is 3.53. The van der Waals surface area contributed by atoms with Crippen LogP contribution in [-0.4, -0.2) is 19.8 Å². The first-order chi connectivity index (χ1) is 17.9. The smallest absolute Gasteiger partial charge is 0.271 e. The Morgan fingerprint density at radius 1 is 0.595 bits per heavy atom. The molecule has 2 heterocycles. The van der Waals surface area contributed by atoms with E-state index in [0.29, 0.717) is 56.6 Å². The van der Waals surface area contributed by atoms with Crippen molar-refractivity contribution < 1.29 is 23.4 Å². The number of hydrogen-bond acceptors (Lipinski definition) is 9. The quantitative estimate of drug-likeness (QED) is 0.178. The number of hydrogen-bond donors (Lipinski definition) is 0. The zero-order valence-corrected chi connectivity index (χ0v) is 18.7. The lowest BCUT2D eigenvalue weighted by molar-refractivity contribution is -0.384. The van der Waals surface area contributed by atoms with Gasteiger partial charge >= 0.3 is 0 Å². The topological polar surface area (TPSA) is 148 Å². The summed E-state index contributed by atoms with van der Waals surface area (Å²) in [6.07, 6.45) is 0. The van der Waals surface area contributed by atoms with Crippen LogP contribution in [0.2, 0.25) is 0 Å². The van der Waals surface area contributed by atoms with E-state index in [2.05, 4.69) is 9.97 Å². The number of aromatic nitrogens is 2. The second-order valence-electron chi connectivity index (χ2n) is 8.01. The molecule has 11 nitrogen and oxygen atoms in total. The fraction of sp³-hybridized carbons (Fsp3) is 0. The molecule has 0 N–H and O–H groups in total. The third-order valence-corrected chi connectivity index (χ3v) is 5.60. The number of fused-ring (bicyclic) bond motifs is 2. The molecule has 0 saturated heterocycles. The minimum atomic E-state index is -0.478. The molecule has 0 spiro atoms. The van der Waals surface area contributed by atoms with Crippen LogP contribution in [0.5, 0.6) is 11.5 Å². The summed E-state index contributed by atoms with van der Waals surface area (Å²) in [6.45, 7) is 0. The molecule has 0 aliphatic rings. The van der Waals surface area contributed by atoms with Crippen LogP contribution in [-0.2, 0) is 0 Å². The molecule has 0 unspecified atom stereocenters. The van der Waals surface area contributed by atoms with Crippen molar-refractivity contribution in [3.05, 3.63) is 105 Å². The number of benzene rings is 4. The summed E-state index contributed by atoms with van der Waals surface area (Å²) < 4.78 is 17.3. The number of ether oxygens (including phenoxy) is 1. The molecular formula is C26H14N4O7. The van der Waals surface area contributed by atoms with Gasteiger partial charge in [-0.2, -0.15) is 0 Å². The van der Waals surface area contributed by atoms with E-state index in [1.54, 1.807) is 48.5 Å². The normalized spacial score (nSPS) is 11.1. The number of non-ortho nitro benzene ring substituents is 2. The standard InChI is InChI=1S/C26H14N4O7/c31-29(32)17-5-11-23-21(13-17)27-25(36-23)15-1-7-19(8-2-15)35-20-9-3-16(4-10-20)26-28-22-14-18(30(33)34)6-12-24(22)37-26/h1-14H. The van der Waals surface area contributed by atoms with Crippen molar-refractivity contribution in [1.82, 2.24) is 9.97 Å². The lowest BCUT2D eigenvalue weighted by Gasteiger charge is -2.06. The van der Waals surface area contributed by atoms with Crippen molar-refractivity contribution in [2.24, 2.45) is 0 Å². The van der Waals surface area contributed by atoms with Gasteiger partial charge in [0.25, 0.3) is 11.4 Å².